The third kappa shape index (κ3) is 4.74. The van der Waals surface area contributed by atoms with Crippen LogP contribution >= 0.6 is 11.6 Å². The highest BCUT2D eigenvalue weighted by molar-refractivity contribution is 6.33. The first-order valence-corrected chi connectivity index (χ1v) is 5.40. The first-order chi connectivity index (χ1) is 7.99. The maximum absolute atomic E-state index is 11.5. The van der Waals surface area contributed by atoms with Crippen LogP contribution in [-0.4, -0.2) is 23.1 Å². The molecule has 0 radical (unpaired) electrons. The molecule has 0 fully saturated rings. The van der Waals surface area contributed by atoms with Gasteiger partial charge in [0.2, 0.25) is 0 Å². The van der Waals surface area contributed by atoms with Crippen LogP contribution in [0.1, 0.15) is 13.3 Å². The molecule has 0 aliphatic heterocycles. The summed E-state index contributed by atoms with van der Waals surface area (Å²) >= 11 is 5.85. The number of carboxylic acids is 1. The standard InChI is InChI=1S/C11H13ClN2O3/c1-7(6-10(15)16)13-11(17)14-9-5-3-2-4-8(9)12/h2-5,7H,6H2,1H3,(H,15,16)(H2,13,14,17). The highest BCUT2D eigenvalue weighted by atomic mass is 35.5. The van der Waals surface area contributed by atoms with Crippen LogP contribution in [0.3, 0.4) is 0 Å². The first-order valence-electron chi connectivity index (χ1n) is 5.03. The van der Waals surface area contributed by atoms with Crippen molar-refractivity contribution in [2.75, 3.05) is 5.32 Å². The van der Waals surface area contributed by atoms with Crippen molar-refractivity contribution in [1.29, 1.82) is 0 Å². The zero-order valence-corrected chi connectivity index (χ0v) is 9.99. The van der Waals surface area contributed by atoms with E-state index in [1.807, 2.05) is 0 Å². The molecule has 1 unspecified atom stereocenters. The van der Waals surface area contributed by atoms with Gasteiger partial charge >= 0.3 is 12.0 Å². The number of carbonyl (C=O) groups excluding carboxylic acids is 1. The second kappa shape index (κ2) is 6.10. The Kier molecular flexibility index (Phi) is 4.78. The number of urea groups is 1. The van der Waals surface area contributed by atoms with Crippen molar-refractivity contribution in [2.24, 2.45) is 0 Å². The maximum Gasteiger partial charge on any atom is 0.319 e. The van der Waals surface area contributed by atoms with Gasteiger partial charge in [0.15, 0.2) is 0 Å². The smallest absolute Gasteiger partial charge is 0.319 e. The molecule has 17 heavy (non-hydrogen) atoms. The van der Waals surface area contributed by atoms with Gasteiger partial charge in [-0.25, -0.2) is 4.79 Å². The fraction of sp³-hybridized carbons (Fsp3) is 0.273. The zero-order valence-electron chi connectivity index (χ0n) is 9.24. The molecule has 0 saturated heterocycles. The van der Waals surface area contributed by atoms with Crippen molar-refractivity contribution in [3.8, 4) is 0 Å². The minimum atomic E-state index is -0.962. The first kappa shape index (κ1) is 13.3. The van der Waals surface area contributed by atoms with Crippen molar-refractivity contribution >= 4 is 29.3 Å². The van der Waals surface area contributed by atoms with Crippen LogP contribution in [0, 0.1) is 0 Å². The van der Waals surface area contributed by atoms with Crippen molar-refractivity contribution in [2.45, 2.75) is 19.4 Å². The second-order valence-corrected chi connectivity index (χ2v) is 3.98. The van der Waals surface area contributed by atoms with Crippen molar-refractivity contribution in [3.05, 3.63) is 29.3 Å². The molecule has 92 valence electrons. The van der Waals surface area contributed by atoms with E-state index in [1.165, 1.54) is 0 Å². The molecule has 1 aromatic carbocycles. The number of carbonyl (C=O) groups is 2. The summed E-state index contributed by atoms with van der Waals surface area (Å²) < 4.78 is 0. The number of halogens is 1. The number of amides is 2. The third-order valence-electron chi connectivity index (χ3n) is 1.98. The van der Waals surface area contributed by atoms with E-state index in [4.69, 9.17) is 16.7 Å². The van der Waals surface area contributed by atoms with E-state index in [0.29, 0.717) is 10.7 Å². The number of aliphatic carboxylic acids is 1. The monoisotopic (exact) mass is 256 g/mol. The summed E-state index contributed by atoms with van der Waals surface area (Å²) in [7, 11) is 0. The number of benzene rings is 1. The van der Waals surface area contributed by atoms with Crippen LogP contribution < -0.4 is 10.6 Å². The van der Waals surface area contributed by atoms with Gasteiger partial charge in [0.25, 0.3) is 0 Å². The summed E-state index contributed by atoms with van der Waals surface area (Å²) in [6, 6.07) is 5.87. The molecule has 5 nitrogen and oxygen atoms in total. The number of rotatable bonds is 4. The molecule has 2 amide bonds. The number of carboxylic acid groups (broad SMARTS) is 1. The summed E-state index contributed by atoms with van der Waals surface area (Å²) in [6.07, 6.45) is -0.129. The van der Waals surface area contributed by atoms with Gasteiger partial charge in [-0.1, -0.05) is 23.7 Å². The zero-order chi connectivity index (χ0) is 12.8. The Morgan fingerprint density at radius 3 is 2.65 bits per heavy atom. The molecule has 0 spiro atoms. The molecule has 1 atom stereocenters. The maximum atomic E-state index is 11.5. The molecule has 1 rings (SSSR count). The normalized spacial score (nSPS) is 11.6. The number of nitrogens with one attached hydrogen (secondary N) is 2. The fourth-order valence-corrected chi connectivity index (χ4v) is 1.44. The van der Waals surface area contributed by atoms with Crippen LogP contribution in [0.25, 0.3) is 0 Å². The van der Waals surface area contributed by atoms with E-state index < -0.39 is 18.0 Å². The summed E-state index contributed by atoms with van der Waals surface area (Å²) in [5, 5.41) is 14.0. The fourth-order valence-electron chi connectivity index (χ4n) is 1.26. The summed E-state index contributed by atoms with van der Waals surface area (Å²) in [5.74, 6) is -0.962. The average Bonchev–Trinajstić information content (AvgIpc) is 2.19. The number of anilines is 1. The van der Waals surface area contributed by atoms with E-state index >= 15 is 0 Å². The Morgan fingerprint density at radius 2 is 2.06 bits per heavy atom. The van der Waals surface area contributed by atoms with Gasteiger partial charge in [-0.2, -0.15) is 0 Å². The predicted octanol–water partition coefficient (Wildman–Crippen LogP) is 2.32. The largest absolute Gasteiger partial charge is 0.481 e. The second-order valence-electron chi connectivity index (χ2n) is 3.58. The number of para-hydroxylation sites is 1. The Morgan fingerprint density at radius 1 is 1.41 bits per heavy atom. The molecule has 0 bridgehead atoms. The van der Waals surface area contributed by atoms with Crippen molar-refractivity contribution in [1.82, 2.24) is 5.32 Å². The topological polar surface area (TPSA) is 78.4 Å². The minimum Gasteiger partial charge on any atom is -0.481 e. The van der Waals surface area contributed by atoms with Crippen molar-refractivity contribution < 1.29 is 14.7 Å². The highest BCUT2D eigenvalue weighted by Crippen LogP contribution is 2.20. The van der Waals surface area contributed by atoms with Gasteiger partial charge in [0.1, 0.15) is 0 Å². The average molecular weight is 257 g/mol. The van der Waals surface area contributed by atoms with Crippen LogP contribution in [-0.2, 0) is 4.79 Å². The molecule has 3 N–H and O–H groups in total. The van der Waals surface area contributed by atoms with Crippen LogP contribution in [0.4, 0.5) is 10.5 Å². The molecular formula is C11H13ClN2O3. The summed E-state index contributed by atoms with van der Waals surface area (Å²) in [5.41, 5.74) is 0.481. The van der Waals surface area contributed by atoms with Gasteiger partial charge in [0.05, 0.1) is 17.1 Å². The lowest BCUT2D eigenvalue weighted by atomic mass is 10.2. The van der Waals surface area contributed by atoms with Crippen molar-refractivity contribution in [3.63, 3.8) is 0 Å². The van der Waals surface area contributed by atoms with E-state index in [9.17, 15) is 9.59 Å². The van der Waals surface area contributed by atoms with E-state index in [1.54, 1.807) is 31.2 Å². The lowest BCUT2D eigenvalue weighted by molar-refractivity contribution is -0.137. The molecule has 1 aromatic rings. The van der Waals surface area contributed by atoms with Crippen LogP contribution in [0.2, 0.25) is 5.02 Å². The van der Waals surface area contributed by atoms with Crippen LogP contribution in [0.5, 0.6) is 0 Å². The Bertz CT molecular complexity index is 423. The quantitative estimate of drug-likeness (QED) is 0.774. The lowest BCUT2D eigenvalue weighted by Gasteiger charge is -2.13. The van der Waals surface area contributed by atoms with E-state index in [0.717, 1.165) is 0 Å². The molecule has 0 aliphatic rings. The SMILES string of the molecule is CC(CC(=O)O)NC(=O)Nc1ccccc1Cl. The van der Waals surface area contributed by atoms with Gasteiger partial charge in [-0.3, -0.25) is 4.79 Å². The summed E-state index contributed by atoms with van der Waals surface area (Å²) in [6.45, 7) is 1.61. The minimum absolute atomic E-state index is 0.129. The third-order valence-corrected chi connectivity index (χ3v) is 2.31. The van der Waals surface area contributed by atoms with Gasteiger partial charge in [0, 0.05) is 6.04 Å². The number of hydrogen-bond acceptors (Lipinski definition) is 2. The Hall–Kier alpha value is -1.75. The van der Waals surface area contributed by atoms with Crippen LogP contribution in [0.15, 0.2) is 24.3 Å². The van der Waals surface area contributed by atoms with Gasteiger partial charge in [-0.15, -0.1) is 0 Å². The van der Waals surface area contributed by atoms with E-state index in [2.05, 4.69) is 10.6 Å². The summed E-state index contributed by atoms with van der Waals surface area (Å²) in [4.78, 5) is 21.9. The molecule has 6 heteroatoms. The van der Waals surface area contributed by atoms with Gasteiger partial charge in [-0.05, 0) is 19.1 Å². The predicted molar refractivity (Wildman–Crippen MR) is 65.3 cm³/mol. The number of hydrogen-bond donors (Lipinski definition) is 3. The molecular weight excluding hydrogens is 244 g/mol. The Labute approximate surface area is 104 Å². The molecule has 0 aliphatic carbocycles. The van der Waals surface area contributed by atoms with E-state index in [-0.39, 0.29) is 6.42 Å². The highest BCUT2D eigenvalue weighted by Gasteiger charge is 2.11. The lowest BCUT2D eigenvalue weighted by Crippen LogP contribution is -2.37. The molecule has 0 heterocycles. The Balaban J connectivity index is 2.50. The molecule has 0 saturated carbocycles. The molecule has 0 aromatic heterocycles. The van der Waals surface area contributed by atoms with Gasteiger partial charge < -0.3 is 15.7 Å².